The molecule has 2 atom stereocenters. The molecule has 2 rings (SSSR count). The van der Waals surface area contributed by atoms with Crippen LogP contribution in [-0.2, 0) is 6.54 Å². The fraction of sp³-hybridized carbons (Fsp3) is 0.571. The number of rotatable bonds is 4. The summed E-state index contributed by atoms with van der Waals surface area (Å²) in [6.45, 7) is 2.72. The third-order valence-electron chi connectivity index (χ3n) is 3.64. The normalized spacial score (nSPS) is 28.3. The van der Waals surface area contributed by atoms with E-state index in [4.69, 9.17) is 4.74 Å². The maximum Gasteiger partial charge on any atom is 0.118 e. The van der Waals surface area contributed by atoms with Crippen molar-refractivity contribution in [3.8, 4) is 5.75 Å². The van der Waals surface area contributed by atoms with Crippen LogP contribution in [0.1, 0.15) is 31.7 Å². The van der Waals surface area contributed by atoms with Crippen LogP contribution in [0.5, 0.6) is 5.75 Å². The molecule has 17 heavy (non-hydrogen) atoms. The second-order valence-corrected chi connectivity index (χ2v) is 5.03. The molecular formula is C14H21NO2. The summed E-state index contributed by atoms with van der Waals surface area (Å²) in [4.78, 5) is 0. The number of hydrogen-bond acceptors (Lipinski definition) is 3. The molecule has 1 aromatic carbocycles. The minimum Gasteiger partial charge on any atom is -0.497 e. The number of methoxy groups -OCH3 is 1. The van der Waals surface area contributed by atoms with Gasteiger partial charge in [0, 0.05) is 12.6 Å². The van der Waals surface area contributed by atoms with Crippen molar-refractivity contribution in [1.29, 1.82) is 0 Å². The fourth-order valence-corrected chi connectivity index (χ4v) is 2.46. The highest BCUT2D eigenvalue weighted by molar-refractivity contribution is 5.27. The first-order chi connectivity index (χ1) is 8.12. The van der Waals surface area contributed by atoms with Crippen molar-refractivity contribution < 1.29 is 9.84 Å². The molecule has 0 aliphatic heterocycles. The van der Waals surface area contributed by atoms with Gasteiger partial charge >= 0.3 is 0 Å². The lowest BCUT2D eigenvalue weighted by Gasteiger charge is -2.26. The molecule has 1 saturated carbocycles. The lowest BCUT2D eigenvalue weighted by atomic mass is 10.0. The molecule has 2 unspecified atom stereocenters. The SMILES string of the molecule is COc1ccc(CNC2CCCC2(C)O)cc1. The maximum atomic E-state index is 10.1. The van der Waals surface area contributed by atoms with Crippen LogP contribution < -0.4 is 10.1 Å². The lowest BCUT2D eigenvalue weighted by Crippen LogP contribution is -2.44. The van der Waals surface area contributed by atoms with Gasteiger partial charge in [0.2, 0.25) is 0 Å². The molecule has 3 heteroatoms. The molecule has 3 nitrogen and oxygen atoms in total. The zero-order valence-electron chi connectivity index (χ0n) is 10.6. The van der Waals surface area contributed by atoms with E-state index in [-0.39, 0.29) is 6.04 Å². The van der Waals surface area contributed by atoms with Crippen molar-refractivity contribution in [1.82, 2.24) is 5.32 Å². The molecule has 2 N–H and O–H groups in total. The zero-order chi connectivity index (χ0) is 12.3. The van der Waals surface area contributed by atoms with Crippen LogP contribution in [0.4, 0.5) is 0 Å². The van der Waals surface area contributed by atoms with Crippen molar-refractivity contribution in [2.45, 2.75) is 44.4 Å². The van der Waals surface area contributed by atoms with Gasteiger partial charge in [0.1, 0.15) is 5.75 Å². The van der Waals surface area contributed by atoms with Gasteiger partial charge in [-0.05, 0) is 43.9 Å². The van der Waals surface area contributed by atoms with Gasteiger partial charge in [-0.1, -0.05) is 12.1 Å². The van der Waals surface area contributed by atoms with E-state index in [1.54, 1.807) is 7.11 Å². The Kier molecular flexibility index (Phi) is 3.69. The number of hydrogen-bond donors (Lipinski definition) is 2. The highest BCUT2D eigenvalue weighted by Gasteiger charge is 2.36. The van der Waals surface area contributed by atoms with Gasteiger partial charge in [-0.3, -0.25) is 0 Å². The van der Waals surface area contributed by atoms with Crippen molar-refractivity contribution in [3.05, 3.63) is 29.8 Å². The average Bonchev–Trinajstić information content (AvgIpc) is 2.66. The number of nitrogens with one attached hydrogen (secondary N) is 1. The van der Waals surface area contributed by atoms with E-state index in [2.05, 4.69) is 17.4 Å². The molecule has 0 saturated heterocycles. The minimum absolute atomic E-state index is 0.213. The Bertz CT molecular complexity index is 359. The topological polar surface area (TPSA) is 41.5 Å². The summed E-state index contributed by atoms with van der Waals surface area (Å²) < 4.78 is 5.12. The minimum atomic E-state index is -0.549. The molecule has 0 bridgehead atoms. The molecule has 1 aliphatic rings. The summed E-state index contributed by atoms with van der Waals surface area (Å²) in [5.74, 6) is 0.876. The van der Waals surface area contributed by atoms with Crippen LogP contribution in [0.3, 0.4) is 0 Å². The average molecular weight is 235 g/mol. The standard InChI is InChI=1S/C14H21NO2/c1-14(16)9-3-4-13(14)15-10-11-5-7-12(17-2)8-6-11/h5-8,13,15-16H,3-4,9-10H2,1-2H3. The number of aliphatic hydroxyl groups is 1. The van der Waals surface area contributed by atoms with Crippen molar-refractivity contribution in [2.24, 2.45) is 0 Å². The van der Waals surface area contributed by atoms with Gasteiger partial charge < -0.3 is 15.2 Å². The van der Waals surface area contributed by atoms with Gasteiger partial charge in [-0.25, -0.2) is 0 Å². The molecule has 1 aromatic rings. The van der Waals surface area contributed by atoms with Gasteiger partial charge in [-0.15, -0.1) is 0 Å². The van der Waals surface area contributed by atoms with E-state index in [0.717, 1.165) is 31.6 Å². The summed E-state index contributed by atoms with van der Waals surface area (Å²) in [6, 6.07) is 8.24. The Morgan fingerprint density at radius 1 is 1.41 bits per heavy atom. The smallest absolute Gasteiger partial charge is 0.118 e. The second-order valence-electron chi connectivity index (χ2n) is 5.03. The van der Waals surface area contributed by atoms with E-state index in [0.29, 0.717) is 0 Å². The predicted octanol–water partition coefficient (Wildman–Crippen LogP) is 2.09. The van der Waals surface area contributed by atoms with Crippen molar-refractivity contribution in [2.75, 3.05) is 7.11 Å². The first kappa shape index (κ1) is 12.4. The Morgan fingerprint density at radius 3 is 2.65 bits per heavy atom. The summed E-state index contributed by atoms with van der Waals surface area (Å²) in [5.41, 5.74) is 0.667. The monoisotopic (exact) mass is 235 g/mol. The highest BCUT2D eigenvalue weighted by atomic mass is 16.5. The number of benzene rings is 1. The van der Waals surface area contributed by atoms with Gasteiger partial charge in [0.25, 0.3) is 0 Å². The van der Waals surface area contributed by atoms with Crippen molar-refractivity contribution >= 4 is 0 Å². The Labute approximate surface area is 103 Å². The summed E-state index contributed by atoms with van der Waals surface area (Å²) >= 11 is 0. The molecule has 1 aliphatic carbocycles. The maximum absolute atomic E-state index is 10.1. The first-order valence-electron chi connectivity index (χ1n) is 6.20. The summed E-state index contributed by atoms with van der Waals surface area (Å²) in [5, 5.41) is 13.6. The van der Waals surface area contributed by atoms with E-state index < -0.39 is 5.60 Å². The molecule has 94 valence electrons. The molecule has 1 fully saturated rings. The number of ether oxygens (including phenoxy) is 1. The highest BCUT2D eigenvalue weighted by Crippen LogP contribution is 2.29. The Morgan fingerprint density at radius 2 is 2.12 bits per heavy atom. The van der Waals surface area contributed by atoms with Crippen LogP contribution >= 0.6 is 0 Å². The van der Waals surface area contributed by atoms with E-state index in [1.165, 1.54) is 5.56 Å². The summed E-state index contributed by atoms with van der Waals surface area (Å²) in [7, 11) is 1.67. The van der Waals surface area contributed by atoms with Gasteiger partial charge in [0.05, 0.1) is 12.7 Å². The molecule has 0 radical (unpaired) electrons. The zero-order valence-corrected chi connectivity index (χ0v) is 10.6. The Balaban J connectivity index is 1.89. The fourth-order valence-electron chi connectivity index (χ4n) is 2.46. The lowest BCUT2D eigenvalue weighted by molar-refractivity contribution is 0.0387. The van der Waals surface area contributed by atoms with Gasteiger partial charge in [0.15, 0.2) is 0 Å². The van der Waals surface area contributed by atoms with Crippen LogP contribution in [-0.4, -0.2) is 23.9 Å². The van der Waals surface area contributed by atoms with Crippen molar-refractivity contribution in [3.63, 3.8) is 0 Å². The quantitative estimate of drug-likeness (QED) is 0.839. The van der Waals surface area contributed by atoms with E-state index >= 15 is 0 Å². The Hall–Kier alpha value is -1.06. The molecule has 0 aromatic heterocycles. The van der Waals surface area contributed by atoms with E-state index in [9.17, 15) is 5.11 Å². The predicted molar refractivity (Wildman–Crippen MR) is 68.1 cm³/mol. The van der Waals surface area contributed by atoms with E-state index in [1.807, 2.05) is 19.1 Å². The first-order valence-corrected chi connectivity index (χ1v) is 6.20. The third-order valence-corrected chi connectivity index (χ3v) is 3.64. The van der Waals surface area contributed by atoms with Crippen LogP contribution in [0, 0.1) is 0 Å². The van der Waals surface area contributed by atoms with Crippen LogP contribution in [0.25, 0.3) is 0 Å². The van der Waals surface area contributed by atoms with Crippen LogP contribution in [0.2, 0.25) is 0 Å². The van der Waals surface area contributed by atoms with Crippen LogP contribution in [0.15, 0.2) is 24.3 Å². The molecule has 0 amide bonds. The molecule has 0 spiro atoms. The molecular weight excluding hydrogens is 214 g/mol. The second kappa shape index (κ2) is 5.07. The van der Waals surface area contributed by atoms with Gasteiger partial charge in [-0.2, -0.15) is 0 Å². The summed E-state index contributed by atoms with van der Waals surface area (Å²) in [6.07, 6.45) is 3.06. The third kappa shape index (κ3) is 2.99. The largest absolute Gasteiger partial charge is 0.497 e. The molecule has 0 heterocycles.